The standard InChI is InChI=1S/C9H17N3S/c1-7(10-3)4-11-6-9-12-5-8(2)13-9/h5,7,10-11H,4,6H2,1-3H3. The highest BCUT2D eigenvalue weighted by atomic mass is 32.1. The lowest BCUT2D eigenvalue weighted by Gasteiger charge is -2.09. The fourth-order valence-corrected chi connectivity index (χ4v) is 1.74. The van der Waals surface area contributed by atoms with Crippen molar-refractivity contribution in [2.24, 2.45) is 0 Å². The Balaban J connectivity index is 2.20. The van der Waals surface area contributed by atoms with E-state index in [1.165, 1.54) is 9.88 Å². The summed E-state index contributed by atoms with van der Waals surface area (Å²) in [5.41, 5.74) is 0. The second-order valence-electron chi connectivity index (χ2n) is 3.19. The van der Waals surface area contributed by atoms with Crippen LogP contribution >= 0.6 is 11.3 Å². The predicted molar refractivity (Wildman–Crippen MR) is 57.1 cm³/mol. The summed E-state index contributed by atoms with van der Waals surface area (Å²) in [4.78, 5) is 5.55. The molecular weight excluding hydrogens is 182 g/mol. The Bertz CT molecular complexity index is 247. The highest BCUT2D eigenvalue weighted by molar-refractivity contribution is 7.11. The zero-order chi connectivity index (χ0) is 9.68. The van der Waals surface area contributed by atoms with Crippen molar-refractivity contribution in [1.82, 2.24) is 15.6 Å². The number of hydrogen-bond acceptors (Lipinski definition) is 4. The molecule has 74 valence electrons. The molecular formula is C9H17N3S. The maximum Gasteiger partial charge on any atom is 0.107 e. The molecule has 0 aliphatic carbocycles. The highest BCUT2D eigenvalue weighted by Crippen LogP contribution is 2.10. The third-order valence-electron chi connectivity index (χ3n) is 1.89. The first-order chi connectivity index (χ1) is 6.22. The molecule has 1 unspecified atom stereocenters. The van der Waals surface area contributed by atoms with Gasteiger partial charge in [0.2, 0.25) is 0 Å². The summed E-state index contributed by atoms with van der Waals surface area (Å²) < 4.78 is 0. The molecule has 0 aliphatic heterocycles. The Morgan fingerprint density at radius 1 is 1.62 bits per heavy atom. The van der Waals surface area contributed by atoms with Crippen molar-refractivity contribution in [1.29, 1.82) is 0 Å². The molecule has 0 spiro atoms. The monoisotopic (exact) mass is 199 g/mol. The molecule has 0 aromatic carbocycles. The summed E-state index contributed by atoms with van der Waals surface area (Å²) in [6.07, 6.45) is 1.92. The highest BCUT2D eigenvalue weighted by Gasteiger charge is 1.99. The number of thiazole rings is 1. The van der Waals surface area contributed by atoms with Gasteiger partial charge in [-0.15, -0.1) is 11.3 Å². The molecule has 0 aliphatic rings. The number of hydrogen-bond donors (Lipinski definition) is 2. The van der Waals surface area contributed by atoms with Crippen molar-refractivity contribution in [3.63, 3.8) is 0 Å². The number of aromatic nitrogens is 1. The molecule has 1 rings (SSSR count). The van der Waals surface area contributed by atoms with E-state index in [0.717, 1.165) is 13.1 Å². The second-order valence-corrected chi connectivity index (χ2v) is 4.50. The minimum atomic E-state index is 0.515. The van der Waals surface area contributed by atoms with Crippen LogP contribution in [0.4, 0.5) is 0 Å². The van der Waals surface area contributed by atoms with Crippen LogP contribution in [0.5, 0.6) is 0 Å². The van der Waals surface area contributed by atoms with Crippen LogP contribution in [-0.4, -0.2) is 24.6 Å². The smallest absolute Gasteiger partial charge is 0.107 e. The largest absolute Gasteiger partial charge is 0.316 e. The van der Waals surface area contributed by atoms with Crippen LogP contribution in [-0.2, 0) is 6.54 Å². The Morgan fingerprint density at radius 3 is 2.92 bits per heavy atom. The summed E-state index contributed by atoms with van der Waals surface area (Å²) in [7, 11) is 1.97. The Labute approximate surface area is 83.6 Å². The molecule has 0 fully saturated rings. The molecule has 13 heavy (non-hydrogen) atoms. The molecule has 0 bridgehead atoms. The fourth-order valence-electron chi connectivity index (χ4n) is 0.981. The van der Waals surface area contributed by atoms with Crippen LogP contribution in [0.1, 0.15) is 16.8 Å². The number of nitrogens with zero attached hydrogens (tertiary/aromatic N) is 1. The molecule has 1 aromatic rings. The molecule has 2 N–H and O–H groups in total. The van der Waals surface area contributed by atoms with E-state index in [9.17, 15) is 0 Å². The summed E-state index contributed by atoms with van der Waals surface area (Å²) >= 11 is 1.75. The minimum Gasteiger partial charge on any atom is -0.316 e. The van der Waals surface area contributed by atoms with Gasteiger partial charge in [-0.1, -0.05) is 0 Å². The van der Waals surface area contributed by atoms with Gasteiger partial charge in [-0.2, -0.15) is 0 Å². The van der Waals surface area contributed by atoms with Gasteiger partial charge in [0.15, 0.2) is 0 Å². The first kappa shape index (κ1) is 10.6. The molecule has 0 saturated heterocycles. The summed E-state index contributed by atoms with van der Waals surface area (Å²) in [6, 6.07) is 0.515. The molecule has 3 nitrogen and oxygen atoms in total. The van der Waals surface area contributed by atoms with Gasteiger partial charge in [0.1, 0.15) is 5.01 Å². The van der Waals surface area contributed by atoms with E-state index in [2.05, 4.69) is 29.5 Å². The first-order valence-electron chi connectivity index (χ1n) is 4.51. The van der Waals surface area contributed by atoms with E-state index < -0.39 is 0 Å². The summed E-state index contributed by atoms with van der Waals surface area (Å²) in [5, 5.41) is 7.70. The molecule has 1 atom stereocenters. The van der Waals surface area contributed by atoms with Crippen LogP contribution in [0, 0.1) is 6.92 Å². The maximum absolute atomic E-state index is 4.27. The first-order valence-corrected chi connectivity index (χ1v) is 5.33. The minimum absolute atomic E-state index is 0.515. The van der Waals surface area contributed by atoms with Crippen molar-refractivity contribution in [3.8, 4) is 0 Å². The molecule has 0 radical (unpaired) electrons. The normalized spacial score (nSPS) is 13.2. The van der Waals surface area contributed by atoms with E-state index in [1.807, 2.05) is 13.2 Å². The summed E-state index contributed by atoms with van der Waals surface area (Å²) in [5.74, 6) is 0. The van der Waals surface area contributed by atoms with E-state index in [1.54, 1.807) is 11.3 Å². The third-order valence-corrected chi connectivity index (χ3v) is 2.80. The predicted octanol–water partition coefficient (Wildman–Crippen LogP) is 1.15. The van der Waals surface area contributed by atoms with Crippen LogP contribution in [0.3, 0.4) is 0 Å². The van der Waals surface area contributed by atoms with Gasteiger partial charge in [0.25, 0.3) is 0 Å². The quantitative estimate of drug-likeness (QED) is 0.747. The van der Waals surface area contributed by atoms with Gasteiger partial charge in [0.05, 0.1) is 0 Å². The average Bonchev–Trinajstić information content (AvgIpc) is 2.51. The molecule has 0 amide bonds. The van der Waals surface area contributed by atoms with Gasteiger partial charge in [-0.3, -0.25) is 0 Å². The number of likely N-dealkylation sites (N-methyl/N-ethyl adjacent to an activating group) is 1. The van der Waals surface area contributed by atoms with Gasteiger partial charge >= 0.3 is 0 Å². The number of aryl methyl sites for hydroxylation is 1. The van der Waals surface area contributed by atoms with Crippen LogP contribution < -0.4 is 10.6 Å². The third kappa shape index (κ3) is 3.85. The van der Waals surface area contributed by atoms with E-state index in [-0.39, 0.29) is 0 Å². The number of rotatable bonds is 5. The lowest BCUT2D eigenvalue weighted by atomic mass is 10.3. The van der Waals surface area contributed by atoms with Gasteiger partial charge < -0.3 is 10.6 Å². The average molecular weight is 199 g/mol. The van der Waals surface area contributed by atoms with Crippen molar-refractivity contribution in [2.45, 2.75) is 26.4 Å². The van der Waals surface area contributed by atoms with E-state index in [4.69, 9.17) is 0 Å². The fraction of sp³-hybridized carbons (Fsp3) is 0.667. The molecule has 1 aromatic heterocycles. The molecule has 1 heterocycles. The number of nitrogens with one attached hydrogen (secondary N) is 2. The zero-order valence-electron chi connectivity index (χ0n) is 8.42. The van der Waals surface area contributed by atoms with Crippen molar-refractivity contribution >= 4 is 11.3 Å². The van der Waals surface area contributed by atoms with Crippen molar-refractivity contribution in [2.75, 3.05) is 13.6 Å². The van der Waals surface area contributed by atoms with Gasteiger partial charge in [-0.05, 0) is 20.9 Å². The SMILES string of the molecule is CNC(C)CNCc1ncc(C)s1. The van der Waals surface area contributed by atoms with Gasteiger partial charge in [0, 0.05) is 30.2 Å². The zero-order valence-corrected chi connectivity index (χ0v) is 9.24. The Kier molecular flexibility index (Phi) is 4.35. The van der Waals surface area contributed by atoms with E-state index >= 15 is 0 Å². The molecule has 4 heteroatoms. The van der Waals surface area contributed by atoms with Crippen LogP contribution in [0.2, 0.25) is 0 Å². The lowest BCUT2D eigenvalue weighted by Crippen LogP contribution is -2.33. The van der Waals surface area contributed by atoms with E-state index in [0.29, 0.717) is 6.04 Å². The van der Waals surface area contributed by atoms with Crippen molar-refractivity contribution < 1.29 is 0 Å². The van der Waals surface area contributed by atoms with Gasteiger partial charge in [-0.25, -0.2) is 4.98 Å². The Hall–Kier alpha value is -0.450. The van der Waals surface area contributed by atoms with Crippen molar-refractivity contribution in [3.05, 3.63) is 16.1 Å². The second kappa shape index (κ2) is 5.32. The molecule has 0 saturated carbocycles. The topological polar surface area (TPSA) is 37.0 Å². The maximum atomic E-state index is 4.27. The Morgan fingerprint density at radius 2 is 2.38 bits per heavy atom. The van der Waals surface area contributed by atoms with Crippen LogP contribution in [0.25, 0.3) is 0 Å². The summed E-state index contributed by atoms with van der Waals surface area (Å²) in [6.45, 7) is 6.09. The van der Waals surface area contributed by atoms with Crippen LogP contribution in [0.15, 0.2) is 6.20 Å². The lowest BCUT2D eigenvalue weighted by molar-refractivity contribution is 0.540.